The van der Waals surface area contributed by atoms with E-state index in [4.69, 9.17) is 0 Å². The van der Waals surface area contributed by atoms with E-state index in [9.17, 15) is 0 Å². The molecule has 0 aliphatic carbocycles. The quantitative estimate of drug-likeness (QED) is 0.586. The molecule has 2 heterocycles. The van der Waals surface area contributed by atoms with Crippen LogP contribution in [0.3, 0.4) is 0 Å². The molecular weight excluding hydrogens is 382 g/mol. The molecule has 0 unspecified atom stereocenters. The first-order valence-electron chi connectivity index (χ1n) is 3.76. The molecule has 0 spiro atoms. The molecule has 0 saturated carbocycles. The lowest BCUT2D eigenvalue weighted by Gasteiger charge is -2.00. The highest BCUT2D eigenvalue weighted by Crippen LogP contribution is 2.61. The first-order chi connectivity index (χ1) is 6.58. The molecule has 2 aliphatic heterocycles. The van der Waals surface area contributed by atoms with Gasteiger partial charge in [-0.15, -0.1) is 0 Å². The van der Waals surface area contributed by atoms with Crippen molar-refractivity contribution in [2.75, 3.05) is 0 Å². The van der Waals surface area contributed by atoms with Crippen LogP contribution >= 0.6 is 78.9 Å². The zero-order valence-corrected chi connectivity index (χ0v) is 13.8. The van der Waals surface area contributed by atoms with Crippen LogP contribution in [0.1, 0.15) is 0 Å². The van der Waals surface area contributed by atoms with Gasteiger partial charge in [0.15, 0.2) is 0 Å². The summed E-state index contributed by atoms with van der Waals surface area (Å²) in [5, 5.41) is 0. The van der Waals surface area contributed by atoms with Gasteiger partial charge in [0.2, 0.25) is 0 Å². The summed E-state index contributed by atoms with van der Waals surface area (Å²) < 4.78 is 5.18. The van der Waals surface area contributed by atoms with Crippen molar-refractivity contribution < 1.29 is 0 Å². The van der Waals surface area contributed by atoms with Crippen molar-refractivity contribution >= 4 is 94.6 Å². The minimum Gasteiger partial charge on any atom is -0.0963 e. The van der Waals surface area contributed by atoms with Crippen LogP contribution in [0.5, 0.6) is 0 Å². The molecule has 0 aromatic carbocycles. The third-order valence-electron chi connectivity index (χ3n) is 1.67. The van der Waals surface area contributed by atoms with Crippen LogP contribution in [0.25, 0.3) is 0 Å². The highest BCUT2D eigenvalue weighted by molar-refractivity contribution is 9.17. The normalized spacial score (nSPS) is 23.0. The number of hydrogen-bond acceptors (Lipinski definition) is 4. The minimum atomic E-state index is 1.19. The predicted molar refractivity (Wildman–Crippen MR) is 86.4 cm³/mol. The fourth-order valence-electron chi connectivity index (χ4n) is 0.873. The van der Waals surface area contributed by atoms with Crippen molar-refractivity contribution in [1.82, 2.24) is 0 Å². The van der Waals surface area contributed by atoms with Gasteiger partial charge in [-0.3, -0.25) is 0 Å². The van der Waals surface area contributed by atoms with Gasteiger partial charge in [0.1, 0.15) is 15.7 Å². The molecule has 8 heteroatoms. The molecule has 0 amide bonds. The average Bonchev–Trinajstić information content (AvgIpc) is 2.60. The van der Waals surface area contributed by atoms with Gasteiger partial charge in [0, 0.05) is 0 Å². The van der Waals surface area contributed by atoms with E-state index in [1.807, 2.05) is 23.5 Å². The number of hydrogen-bond donors (Lipinski definition) is 0. The average molecular weight is 386 g/mol. The van der Waals surface area contributed by atoms with Crippen LogP contribution in [0.4, 0.5) is 0 Å². The fourth-order valence-corrected chi connectivity index (χ4v) is 7.72. The maximum Gasteiger partial charge on any atom is 0.148 e. The van der Waals surface area contributed by atoms with Gasteiger partial charge < -0.3 is 0 Å². The molecule has 14 heavy (non-hydrogen) atoms. The Morgan fingerprint density at radius 2 is 1.07 bits per heavy atom. The standard InChI is InChI=1S/C6H4B2Br2S4/c7-1-2(8)12-5(11-1)6-13-3(9)4(10)14-6/h7-8H2. The van der Waals surface area contributed by atoms with E-state index in [0.717, 1.165) is 0 Å². The van der Waals surface area contributed by atoms with Crippen molar-refractivity contribution in [2.24, 2.45) is 0 Å². The fraction of sp³-hybridized carbons (Fsp3) is 0. The summed E-state index contributed by atoms with van der Waals surface area (Å²) in [6.45, 7) is 0. The Morgan fingerprint density at radius 3 is 1.50 bits per heavy atom. The van der Waals surface area contributed by atoms with Crippen LogP contribution < -0.4 is 0 Å². The molecule has 0 N–H and O–H groups in total. The van der Waals surface area contributed by atoms with Crippen molar-refractivity contribution in [3.8, 4) is 0 Å². The molecule has 0 fully saturated rings. The topological polar surface area (TPSA) is 0 Å². The van der Waals surface area contributed by atoms with Gasteiger partial charge in [0.05, 0.1) is 16.1 Å². The zero-order chi connectivity index (χ0) is 10.3. The lowest BCUT2D eigenvalue weighted by molar-refractivity contribution is 2.33. The van der Waals surface area contributed by atoms with Crippen LogP contribution in [0, 0.1) is 0 Å². The van der Waals surface area contributed by atoms with Gasteiger partial charge >= 0.3 is 0 Å². The van der Waals surface area contributed by atoms with E-state index < -0.39 is 0 Å². The number of rotatable bonds is 0. The molecule has 0 saturated heterocycles. The molecule has 0 nitrogen and oxygen atoms in total. The van der Waals surface area contributed by atoms with Crippen molar-refractivity contribution in [3.05, 3.63) is 25.7 Å². The molecule has 0 bridgehead atoms. The predicted octanol–water partition coefficient (Wildman–Crippen LogP) is 3.38. The monoisotopic (exact) mass is 384 g/mol. The van der Waals surface area contributed by atoms with Crippen LogP contribution in [-0.4, -0.2) is 15.7 Å². The molecule has 0 radical (unpaired) electrons. The summed E-state index contributed by atoms with van der Waals surface area (Å²) in [6.07, 6.45) is 0. The van der Waals surface area contributed by atoms with Gasteiger partial charge in [-0.25, -0.2) is 0 Å². The zero-order valence-electron chi connectivity index (χ0n) is 7.39. The van der Waals surface area contributed by atoms with Crippen LogP contribution in [-0.2, 0) is 0 Å². The second-order valence-electron chi connectivity index (χ2n) is 2.64. The third kappa shape index (κ3) is 2.51. The highest BCUT2D eigenvalue weighted by Gasteiger charge is 2.25. The maximum absolute atomic E-state index is 3.53. The third-order valence-corrected chi connectivity index (χ3v) is 9.82. The van der Waals surface area contributed by atoms with Gasteiger partial charge in [0.25, 0.3) is 0 Å². The molecule has 0 atom stereocenters. The Bertz CT molecular complexity index is 319. The number of halogens is 2. The number of thioether (sulfide) groups is 4. The van der Waals surface area contributed by atoms with Crippen LogP contribution in [0.15, 0.2) is 25.7 Å². The molecule has 2 rings (SSSR count). The van der Waals surface area contributed by atoms with E-state index >= 15 is 0 Å². The van der Waals surface area contributed by atoms with E-state index in [2.05, 4.69) is 47.6 Å². The lowest BCUT2D eigenvalue weighted by atomic mass is 10.0. The largest absolute Gasteiger partial charge is 0.148 e. The Balaban J connectivity index is 2.17. The van der Waals surface area contributed by atoms with E-state index in [-0.39, 0.29) is 0 Å². The summed E-state index contributed by atoms with van der Waals surface area (Å²) in [7, 11) is 4.37. The first-order valence-corrected chi connectivity index (χ1v) is 8.61. The lowest BCUT2D eigenvalue weighted by Crippen LogP contribution is -1.72. The molecule has 0 aromatic heterocycles. The first kappa shape index (κ1) is 12.2. The molecule has 72 valence electrons. The molecule has 2 aliphatic rings. The van der Waals surface area contributed by atoms with E-state index in [1.165, 1.54) is 25.7 Å². The second kappa shape index (κ2) is 4.92. The van der Waals surface area contributed by atoms with Gasteiger partial charge in [-0.1, -0.05) is 56.7 Å². The SMILES string of the molecule is BC1=C(B)SC(=C2SC(Br)=C(Br)S2)S1. The Kier molecular flexibility index (Phi) is 4.28. The van der Waals surface area contributed by atoms with E-state index in [0.29, 0.717) is 0 Å². The van der Waals surface area contributed by atoms with Gasteiger partial charge in [-0.05, 0) is 31.9 Å². The maximum atomic E-state index is 3.53. The smallest absolute Gasteiger partial charge is 0.0963 e. The summed E-state index contributed by atoms with van der Waals surface area (Å²) >= 11 is 14.4. The minimum absolute atomic E-state index is 1.19. The van der Waals surface area contributed by atoms with Crippen molar-refractivity contribution in [3.63, 3.8) is 0 Å². The van der Waals surface area contributed by atoms with Crippen molar-refractivity contribution in [2.45, 2.75) is 0 Å². The highest BCUT2D eigenvalue weighted by atomic mass is 79.9. The van der Waals surface area contributed by atoms with Gasteiger partial charge in [-0.2, -0.15) is 0 Å². The Morgan fingerprint density at radius 1 is 0.714 bits per heavy atom. The summed E-state index contributed by atoms with van der Waals surface area (Å²) in [6, 6.07) is 0. The van der Waals surface area contributed by atoms with Crippen LogP contribution in [0.2, 0.25) is 0 Å². The summed E-state index contributed by atoms with van der Waals surface area (Å²) in [5.41, 5.74) is 0. The summed E-state index contributed by atoms with van der Waals surface area (Å²) in [5.74, 6) is 0. The molecule has 0 aromatic rings. The Hall–Kier alpha value is 1.71. The second-order valence-corrected chi connectivity index (χ2v) is 10.3. The Labute approximate surface area is 119 Å². The molecular formula is C6H4B2Br2S4. The summed E-state index contributed by atoms with van der Waals surface area (Å²) in [4.78, 5) is 2.86. The van der Waals surface area contributed by atoms with Crippen molar-refractivity contribution in [1.29, 1.82) is 0 Å². The van der Waals surface area contributed by atoms with E-state index in [1.54, 1.807) is 23.5 Å².